The molecule has 2 aromatic rings. The zero-order chi connectivity index (χ0) is 13.2. The van der Waals surface area contributed by atoms with Crippen LogP contribution in [-0.2, 0) is 6.54 Å². The molecule has 1 aliphatic rings. The summed E-state index contributed by atoms with van der Waals surface area (Å²) in [5.74, 6) is 3.17. The van der Waals surface area contributed by atoms with Crippen molar-refractivity contribution in [3.63, 3.8) is 0 Å². The van der Waals surface area contributed by atoms with Gasteiger partial charge in [0, 0.05) is 29.3 Å². The molecule has 4 heteroatoms. The Morgan fingerprint density at radius 3 is 3.05 bits per heavy atom. The molecule has 1 unspecified atom stereocenters. The Morgan fingerprint density at radius 2 is 2.26 bits per heavy atom. The first-order valence-corrected chi connectivity index (χ1v) is 7.81. The number of hydrogen-bond acceptors (Lipinski definition) is 4. The van der Waals surface area contributed by atoms with Crippen molar-refractivity contribution in [2.75, 3.05) is 24.3 Å². The summed E-state index contributed by atoms with van der Waals surface area (Å²) in [6.07, 6.45) is 1.28. The molecule has 2 N–H and O–H groups in total. The van der Waals surface area contributed by atoms with Crippen molar-refractivity contribution in [2.24, 2.45) is 0 Å². The van der Waals surface area contributed by atoms with Crippen LogP contribution < -0.4 is 5.73 Å². The van der Waals surface area contributed by atoms with E-state index in [-0.39, 0.29) is 0 Å². The van der Waals surface area contributed by atoms with Crippen LogP contribution in [-0.4, -0.2) is 34.5 Å². The third-order valence-corrected chi connectivity index (χ3v) is 4.93. The fraction of sp³-hybridized carbons (Fsp3) is 0.400. The number of thioether (sulfide) groups is 1. The first kappa shape index (κ1) is 12.8. The maximum Gasteiger partial charge on any atom is 0.128 e. The predicted octanol–water partition coefficient (Wildman–Crippen LogP) is 2.75. The number of para-hydroxylation sites is 1. The molecule has 1 aliphatic heterocycles. The van der Waals surface area contributed by atoms with Crippen LogP contribution in [0.2, 0.25) is 0 Å². The highest BCUT2D eigenvalue weighted by molar-refractivity contribution is 7.99. The van der Waals surface area contributed by atoms with Gasteiger partial charge in [0.1, 0.15) is 5.82 Å². The zero-order valence-electron chi connectivity index (χ0n) is 11.2. The number of pyridine rings is 1. The van der Waals surface area contributed by atoms with Gasteiger partial charge in [-0.15, -0.1) is 0 Å². The summed E-state index contributed by atoms with van der Waals surface area (Å²) in [5, 5.41) is 1.17. The van der Waals surface area contributed by atoms with Crippen LogP contribution in [0.15, 0.2) is 30.3 Å². The Labute approximate surface area is 118 Å². The van der Waals surface area contributed by atoms with E-state index in [2.05, 4.69) is 29.1 Å². The lowest BCUT2D eigenvalue weighted by atomic mass is 10.1. The highest BCUT2D eigenvalue weighted by Gasteiger charge is 2.20. The summed E-state index contributed by atoms with van der Waals surface area (Å²) in [5.41, 5.74) is 8.20. The van der Waals surface area contributed by atoms with E-state index >= 15 is 0 Å². The molecule has 3 nitrogen and oxygen atoms in total. The van der Waals surface area contributed by atoms with E-state index in [0.29, 0.717) is 11.9 Å². The second kappa shape index (κ2) is 5.39. The number of fused-ring (bicyclic) bond motifs is 1. The summed E-state index contributed by atoms with van der Waals surface area (Å²) >= 11 is 2.04. The summed E-state index contributed by atoms with van der Waals surface area (Å²) in [6, 6.07) is 11.0. The molecule has 0 bridgehead atoms. The molecule has 0 aliphatic carbocycles. The van der Waals surface area contributed by atoms with Crippen molar-refractivity contribution in [3.05, 3.63) is 35.9 Å². The highest BCUT2D eigenvalue weighted by Crippen LogP contribution is 2.25. The molecule has 100 valence electrons. The Morgan fingerprint density at radius 1 is 1.42 bits per heavy atom. The van der Waals surface area contributed by atoms with Crippen LogP contribution in [0.4, 0.5) is 5.82 Å². The molecule has 0 amide bonds. The fourth-order valence-electron chi connectivity index (χ4n) is 2.57. The Bertz CT molecular complexity index is 579. The molecular weight excluding hydrogens is 254 g/mol. The molecule has 2 heterocycles. The average molecular weight is 273 g/mol. The number of nitrogens with zero attached hydrogens (tertiary/aromatic N) is 2. The number of aromatic nitrogens is 1. The maximum absolute atomic E-state index is 6.09. The van der Waals surface area contributed by atoms with Crippen LogP contribution >= 0.6 is 11.8 Å². The van der Waals surface area contributed by atoms with Crippen molar-refractivity contribution in [3.8, 4) is 0 Å². The number of hydrogen-bond donors (Lipinski definition) is 1. The lowest BCUT2D eigenvalue weighted by Crippen LogP contribution is -2.31. The van der Waals surface area contributed by atoms with Gasteiger partial charge in [0.05, 0.1) is 5.52 Å². The molecule has 1 fully saturated rings. The third-order valence-electron chi connectivity index (χ3n) is 3.79. The van der Waals surface area contributed by atoms with E-state index in [1.807, 2.05) is 30.0 Å². The summed E-state index contributed by atoms with van der Waals surface area (Å²) in [4.78, 5) is 6.91. The molecule has 3 rings (SSSR count). The number of nitrogen functional groups attached to an aromatic ring is 1. The van der Waals surface area contributed by atoms with Gasteiger partial charge in [0.25, 0.3) is 0 Å². The predicted molar refractivity (Wildman–Crippen MR) is 83.4 cm³/mol. The summed E-state index contributed by atoms with van der Waals surface area (Å²) in [7, 11) is 2.19. The Kier molecular flexibility index (Phi) is 3.62. The normalized spacial score (nSPS) is 19.4. The largest absolute Gasteiger partial charge is 0.383 e. The molecular formula is C15H19N3S. The maximum atomic E-state index is 6.09. The number of nitrogens with two attached hydrogens (primary N) is 1. The average Bonchev–Trinajstić information content (AvgIpc) is 2.93. The quantitative estimate of drug-likeness (QED) is 0.933. The van der Waals surface area contributed by atoms with Crippen LogP contribution in [0.3, 0.4) is 0 Å². The van der Waals surface area contributed by atoms with Crippen molar-refractivity contribution < 1.29 is 0 Å². The molecule has 1 aromatic heterocycles. The van der Waals surface area contributed by atoms with E-state index in [4.69, 9.17) is 5.73 Å². The third kappa shape index (κ3) is 2.69. The van der Waals surface area contributed by atoms with E-state index in [9.17, 15) is 0 Å². The molecule has 0 radical (unpaired) electrons. The fourth-order valence-corrected chi connectivity index (χ4v) is 3.87. The molecule has 1 saturated heterocycles. The zero-order valence-corrected chi connectivity index (χ0v) is 12.0. The van der Waals surface area contributed by atoms with E-state index in [1.165, 1.54) is 23.3 Å². The second-order valence-corrected chi connectivity index (χ2v) is 6.31. The van der Waals surface area contributed by atoms with E-state index < -0.39 is 0 Å². The molecule has 0 saturated carbocycles. The van der Waals surface area contributed by atoms with Gasteiger partial charge in [-0.3, -0.25) is 4.90 Å². The van der Waals surface area contributed by atoms with E-state index in [1.54, 1.807) is 0 Å². The summed E-state index contributed by atoms with van der Waals surface area (Å²) in [6.45, 7) is 0.884. The molecule has 1 aromatic carbocycles. The van der Waals surface area contributed by atoms with Crippen LogP contribution in [0.5, 0.6) is 0 Å². The Balaban J connectivity index is 1.85. The van der Waals surface area contributed by atoms with Crippen molar-refractivity contribution in [2.45, 2.75) is 19.0 Å². The standard InChI is InChI=1S/C15H19N3S/c1-18(13-6-7-19-10-13)9-12-8-11-4-2-3-5-14(11)17-15(12)16/h2-5,8,13H,6-7,9-10H2,1H3,(H2,16,17). The van der Waals surface area contributed by atoms with Gasteiger partial charge in [0.15, 0.2) is 0 Å². The second-order valence-electron chi connectivity index (χ2n) is 5.16. The van der Waals surface area contributed by atoms with Gasteiger partial charge in [-0.05, 0) is 31.4 Å². The number of rotatable bonds is 3. The highest BCUT2D eigenvalue weighted by atomic mass is 32.2. The van der Waals surface area contributed by atoms with Gasteiger partial charge in [-0.1, -0.05) is 18.2 Å². The minimum Gasteiger partial charge on any atom is -0.383 e. The first-order valence-electron chi connectivity index (χ1n) is 6.66. The minimum atomic E-state index is 0.663. The topological polar surface area (TPSA) is 42.2 Å². The van der Waals surface area contributed by atoms with Gasteiger partial charge in [-0.25, -0.2) is 4.98 Å². The van der Waals surface area contributed by atoms with Crippen molar-refractivity contribution in [1.29, 1.82) is 0 Å². The van der Waals surface area contributed by atoms with Crippen LogP contribution in [0, 0.1) is 0 Å². The van der Waals surface area contributed by atoms with Crippen LogP contribution in [0.25, 0.3) is 10.9 Å². The monoisotopic (exact) mass is 273 g/mol. The van der Waals surface area contributed by atoms with Crippen LogP contribution in [0.1, 0.15) is 12.0 Å². The Hall–Kier alpha value is -1.26. The van der Waals surface area contributed by atoms with Gasteiger partial charge in [0.2, 0.25) is 0 Å². The molecule has 1 atom stereocenters. The van der Waals surface area contributed by atoms with Crippen molar-refractivity contribution in [1.82, 2.24) is 9.88 Å². The van der Waals surface area contributed by atoms with Gasteiger partial charge in [-0.2, -0.15) is 11.8 Å². The smallest absolute Gasteiger partial charge is 0.128 e. The lowest BCUT2D eigenvalue weighted by molar-refractivity contribution is 0.255. The van der Waals surface area contributed by atoms with E-state index in [0.717, 1.165) is 17.6 Å². The SMILES string of the molecule is CN(Cc1cc2ccccc2nc1N)C1CCSC1. The number of anilines is 1. The summed E-state index contributed by atoms with van der Waals surface area (Å²) < 4.78 is 0. The molecule has 19 heavy (non-hydrogen) atoms. The van der Waals surface area contributed by atoms with Gasteiger partial charge >= 0.3 is 0 Å². The van der Waals surface area contributed by atoms with Crippen molar-refractivity contribution >= 4 is 28.5 Å². The molecule has 0 spiro atoms. The number of benzene rings is 1. The minimum absolute atomic E-state index is 0.663. The van der Waals surface area contributed by atoms with Gasteiger partial charge < -0.3 is 5.73 Å². The lowest BCUT2D eigenvalue weighted by Gasteiger charge is -2.24. The first-order chi connectivity index (χ1) is 9.24.